The molecule has 0 amide bonds. The lowest BCUT2D eigenvalue weighted by atomic mass is 10.2. The van der Waals surface area contributed by atoms with Crippen molar-refractivity contribution in [3.8, 4) is 0 Å². The summed E-state index contributed by atoms with van der Waals surface area (Å²) in [6.45, 7) is 3.72. The monoisotopic (exact) mass is 319 g/mol. The molecule has 1 aromatic carbocycles. The van der Waals surface area contributed by atoms with E-state index in [0.29, 0.717) is 0 Å². The fraction of sp³-hybridized carbons (Fsp3) is 0.571. The predicted molar refractivity (Wildman–Crippen MR) is 77.8 cm³/mol. The second kappa shape index (κ2) is 6.00. The van der Waals surface area contributed by atoms with Gasteiger partial charge in [-0.15, -0.1) is 0 Å². The van der Waals surface area contributed by atoms with Crippen molar-refractivity contribution in [2.45, 2.75) is 56.5 Å². The molecular weight excluding hydrogens is 301 g/mol. The van der Waals surface area contributed by atoms with Crippen molar-refractivity contribution in [2.75, 3.05) is 0 Å². The largest absolute Gasteiger partial charge is 0.243 e. The molecule has 1 saturated carbocycles. The van der Waals surface area contributed by atoms with Gasteiger partial charge in [0.05, 0.1) is 9.92 Å². The van der Waals surface area contributed by atoms with Crippen LogP contribution in [0.5, 0.6) is 0 Å². The molecule has 112 valence electrons. The molecule has 0 spiro atoms. The highest BCUT2D eigenvalue weighted by atomic mass is 35.5. The summed E-state index contributed by atoms with van der Waals surface area (Å²) < 4.78 is 40.3. The molecule has 0 saturated heterocycles. The van der Waals surface area contributed by atoms with E-state index in [9.17, 15) is 12.8 Å². The maximum atomic E-state index is 13.2. The minimum atomic E-state index is -3.64. The first-order valence-corrected chi connectivity index (χ1v) is 8.64. The molecule has 0 unspecified atom stereocenters. The topological polar surface area (TPSA) is 37.4 Å². The lowest BCUT2D eigenvalue weighted by molar-refractivity contribution is 0.275. The summed E-state index contributed by atoms with van der Waals surface area (Å²) >= 11 is 5.71. The Kier molecular flexibility index (Phi) is 4.72. The fourth-order valence-electron chi connectivity index (χ4n) is 2.81. The number of sulfonamides is 1. The quantitative estimate of drug-likeness (QED) is 0.846. The van der Waals surface area contributed by atoms with Crippen molar-refractivity contribution < 1.29 is 12.8 Å². The van der Waals surface area contributed by atoms with Gasteiger partial charge in [0, 0.05) is 12.1 Å². The second-order valence-corrected chi connectivity index (χ2v) is 7.69. The van der Waals surface area contributed by atoms with Crippen LogP contribution in [0.15, 0.2) is 23.1 Å². The van der Waals surface area contributed by atoms with E-state index in [1.54, 1.807) is 4.31 Å². The molecule has 6 heteroatoms. The van der Waals surface area contributed by atoms with Gasteiger partial charge >= 0.3 is 0 Å². The molecule has 1 fully saturated rings. The van der Waals surface area contributed by atoms with Gasteiger partial charge in [0.1, 0.15) is 5.82 Å². The molecule has 0 atom stereocenters. The third-order valence-corrected chi connectivity index (χ3v) is 6.07. The van der Waals surface area contributed by atoms with Crippen molar-refractivity contribution >= 4 is 21.6 Å². The summed E-state index contributed by atoms with van der Waals surface area (Å²) in [5.74, 6) is -0.609. The normalized spacial score (nSPS) is 17.3. The number of halogens is 2. The smallest absolute Gasteiger partial charge is 0.207 e. The minimum absolute atomic E-state index is 0.0313. The van der Waals surface area contributed by atoms with Crippen LogP contribution in [0.4, 0.5) is 4.39 Å². The Hall–Kier alpha value is -0.650. The van der Waals surface area contributed by atoms with Gasteiger partial charge in [-0.05, 0) is 44.9 Å². The molecule has 0 aliphatic heterocycles. The fourth-order valence-corrected chi connectivity index (χ4v) is 4.97. The number of rotatable bonds is 4. The summed E-state index contributed by atoms with van der Waals surface area (Å²) in [4.78, 5) is 0.0597. The van der Waals surface area contributed by atoms with E-state index in [2.05, 4.69) is 0 Å². The van der Waals surface area contributed by atoms with Gasteiger partial charge in [0.2, 0.25) is 10.0 Å². The molecule has 0 radical (unpaired) electrons. The van der Waals surface area contributed by atoms with E-state index in [-0.39, 0.29) is 22.0 Å². The van der Waals surface area contributed by atoms with E-state index >= 15 is 0 Å². The molecule has 20 heavy (non-hydrogen) atoms. The second-order valence-electron chi connectivity index (χ2n) is 5.44. The van der Waals surface area contributed by atoms with Crippen molar-refractivity contribution in [3.05, 3.63) is 29.0 Å². The van der Waals surface area contributed by atoms with Crippen molar-refractivity contribution in [1.82, 2.24) is 4.31 Å². The average molecular weight is 320 g/mol. The molecule has 0 N–H and O–H groups in total. The van der Waals surface area contributed by atoms with E-state index in [1.165, 1.54) is 12.1 Å². The molecule has 2 rings (SSSR count). The standard InChI is InChI=1S/C14H19ClFNO2S/c1-10(2)17(11-5-3-4-6-11)20(18,19)12-7-8-14(16)13(15)9-12/h7-11H,3-6H2,1-2H3. The van der Waals surface area contributed by atoms with Gasteiger partial charge in [-0.25, -0.2) is 12.8 Å². The number of hydrogen-bond acceptors (Lipinski definition) is 2. The van der Waals surface area contributed by atoms with Crippen LogP contribution in [0.3, 0.4) is 0 Å². The Morgan fingerprint density at radius 3 is 2.40 bits per heavy atom. The van der Waals surface area contributed by atoms with Crippen LogP contribution in [0.1, 0.15) is 39.5 Å². The van der Waals surface area contributed by atoms with Gasteiger partial charge < -0.3 is 0 Å². The van der Waals surface area contributed by atoms with Gasteiger partial charge in [-0.2, -0.15) is 4.31 Å². The maximum absolute atomic E-state index is 13.2. The van der Waals surface area contributed by atoms with Crippen LogP contribution < -0.4 is 0 Å². The van der Waals surface area contributed by atoms with E-state index < -0.39 is 15.8 Å². The zero-order valence-electron chi connectivity index (χ0n) is 11.6. The van der Waals surface area contributed by atoms with Crippen molar-refractivity contribution in [3.63, 3.8) is 0 Å². The lowest BCUT2D eigenvalue weighted by Crippen LogP contribution is -2.43. The average Bonchev–Trinajstić information content (AvgIpc) is 2.85. The van der Waals surface area contributed by atoms with Crippen LogP contribution in [-0.2, 0) is 10.0 Å². The summed E-state index contributed by atoms with van der Waals surface area (Å²) in [5.41, 5.74) is 0. The van der Waals surface area contributed by atoms with Gasteiger partial charge in [0.25, 0.3) is 0 Å². The molecule has 0 aromatic heterocycles. The molecular formula is C14H19ClFNO2S. The molecule has 0 bridgehead atoms. The van der Waals surface area contributed by atoms with Gasteiger partial charge in [-0.3, -0.25) is 0 Å². The summed E-state index contributed by atoms with van der Waals surface area (Å²) in [5, 5.41) is -0.166. The highest BCUT2D eigenvalue weighted by Crippen LogP contribution is 2.31. The Labute approximate surface area is 124 Å². The van der Waals surface area contributed by atoms with Crippen molar-refractivity contribution in [1.29, 1.82) is 0 Å². The lowest BCUT2D eigenvalue weighted by Gasteiger charge is -2.31. The Morgan fingerprint density at radius 2 is 1.90 bits per heavy atom. The maximum Gasteiger partial charge on any atom is 0.243 e. The molecule has 1 aliphatic rings. The van der Waals surface area contributed by atoms with Crippen LogP contribution in [-0.4, -0.2) is 24.8 Å². The molecule has 0 heterocycles. The van der Waals surface area contributed by atoms with E-state index in [0.717, 1.165) is 31.7 Å². The molecule has 1 aromatic rings. The molecule has 3 nitrogen and oxygen atoms in total. The van der Waals surface area contributed by atoms with E-state index in [1.807, 2.05) is 13.8 Å². The SMILES string of the molecule is CC(C)N(C1CCCC1)S(=O)(=O)c1ccc(F)c(Cl)c1. The van der Waals surface area contributed by atoms with Crippen LogP contribution in [0.25, 0.3) is 0 Å². The number of nitrogens with zero attached hydrogens (tertiary/aromatic N) is 1. The van der Waals surface area contributed by atoms with Crippen molar-refractivity contribution in [2.24, 2.45) is 0 Å². The highest BCUT2D eigenvalue weighted by Gasteiger charge is 2.35. The minimum Gasteiger partial charge on any atom is -0.207 e. The summed E-state index contributed by atoms with van der Waals surface area (Å²) in [6.07, 6.45) is 3.86. The predicted octanol–water partition coefficient (Wildman–Crippen LogP) is 3.82. The van der Waals surface area contributed by atoms with Gasteiger partial charge in [0.15, 0.2) is 0 Å². The number of hydrogen-bond donors (Lipinski definition) is 0. The summed E-state index contributed by atoms with van der Waals surface area (Å²) in [7, 11) is -3.64. The van der Waals surface area contributed by atoms with Crippen LogP contribution in [0.2, 0.25) is 5.02 Å². The highest BCUT2D eigenvalue weighted by molar-refractivity contribution is 7.89. The molecule has 1 aliphatic carbocycles. The third kappa shape index (κ3) is 3.00. The Bertz CT molecular complexity index is 583. The summed E-state index contributed by atoms with van der Waals surface area (Å²) in [6, 6.07) is 3.47. The zero-order chi connectivity index (χ0) is 14.9. The van der Waals surface area contributed by atoms with Gasteiger partial charge in [-0.1, -0.05) is 24.4 Å². The Morgan fingerprint density at radius 1 is 1.30 bits per heavy atom. The van der Waals surface area contributed by atoms with Crippen LogP contribution >= 0.6 is 11.6 Å². The van der Waals surface area contributed by atoms with E-state index in [4.69, 9.17) is 11.6 Å². The first-order chi connectivity index (χ1) is 9.34. The Balaban J connectivity index is 2.41. The number of benzene rings is 1. The third-order valence-electron chi connectivity index (χ3n) is 3.66. The zero-order valence-corrected chi connectivity index (χ0v) is 13.2. The first kappa shape index (κ1) is 15.7. The van der Waals surface area contributed by atoms with Crippen LogP contribution in [0, 0.1) is 5.82 Å². The first-order valence-electron chi connectivity index (χ1n) is 6.82.